The molecule has 0 saturated carbocycles. The minimum Gasteiger partial charge on any atom is -0.445 e. The molecule has 0 aliphatic heterocycles. The molecule has 0 heterocycles. The normalized spacial score (nSPS) is 8.10. The van der Waals surface area contributed by atoms with Crippen molar-refractivity contribution in [2.24, 2.45) is 0 Å². The van der Waals surface area contributed by atoms with Crippen LogP contribution in [-0.4, -0.2) is 18.6 Å². The zero-order chi connectivity index (χ0) is 7.98. The maximum absolute atomic E-state index is 10.4. The maximum Gasteiger partial charge on any atom is 0.414 e. The van der Waals surface area contributed by atoms with Crippen LogP contribution in [0.4, 0.5) is 4.79 Å². The molecule has 0 unspecified atom stereocenters. The highest BCUT2D eigenvalue weighted by Crippen LogP contribution is 1.76. The second-order valence-electron chi connectivity index (χ2n) is 1.57. The van der Waals surface area contributed by atoms with Crippen LogP contribution in [0.2, 0.25) is 0 Å². The number of carbonyl (C=O) groups is 2. The number of ether oxygens (including phenoxy) is 1. The smallest absolute Gasteiger partial charge is 0.414 e. The number of hydrogen-bond acceptors (Lipinski definition) is 3. The van der Waals surface area contributed by atoms with Crippen molar-refractivity contribution in [3.8, 4) is 0 Å². The second-order valence-corrected chi connectivity index (χ2v) is 1.57. The lowest BCUT2D eigenvalue weighted by atomic mass is 10.7. The highest BCUT2D eigenvalue weighted by atomic mass is 16.5. The highest BCUT2D eigenvalue weighted by molar-refractivity contribution is 5.90. The molecule has 1 N–H and O–H groups in total. The standard InChI is InChI=1S/C6H9NO3/c1-3-4-10-6(9)7-5(2)8/h3H,1,4H2,2H3,(H,7,8,9). The fraction of sp³-hybridized carbons (Fsp3) is 0.333. The Morgan fingerprint density at radius 1 is 1.70 bits per heavy atom. The van der Waals surface area contributed by atoms with Crippen molar-refractivity contribution in [3.63, 3.8) is 0 Å². The summed E-state index contributed by atoms with van der Waals surface area (Å²) in [4.78, 5) is 20.6. The van der Waals surface area contributed by atoms with Crippen molar-refractivity contribution in [2.75, 3.05) is 6.61 Å². The molecule has 0 aromatic carbocycles. The van der Waals surface area contributed by atoms with Gasteiger partial charge in [0.25, 0.3) is 0 Å². The Kier molecular flexibility index (Phi) is 3.95. The number of amides is 2. The minimum atomic E-state index is -0.743. The van der Waals surface area contributed by atoms with Gasteiger partial charge in [-0.25, -0.2) is 4.79 Å². The first-order valence-corrected chi connectivity index (χ1v) is 2.72. The number of rotatable bonds is 2. The lowest BCUT2D eigenvalue weighted by Crippen LogP contribution is -2.28. The van der Waals surface area contributed by atoms with E-state index in [2.05, 4.69) is 11.3 Å². The Bertz CT molecular complexity index is 153. The highest BCUT2D eigenvalue weighted by Gasteiger charge is 2.00. The Balaban J connectivity index is 3.43. The summed E-state index contributed by atoms with van der Waals surface area (Å²) in [7, 11) is 0. The Morgan fingerprint density at radius 3 is 2.70 bits per heavy atom. The fourth-order valence-corrected chi connectivity index (χ4v) is 0.314. The van der Waals surface area contributed by atoms with Crippen LogP contribution in [0.5, 0.6) is 0 Å². The third-order valence-corrected chi connectivity index (χ3v) is 0.610. The van der Waals surface area contributed by atoms with Crippen LogP contribution in [0.15, 0.2) is 12.7 Å². The number of carbonyl (C=O) groups excluding carboxylic acids is 2. The molecule has 0 aromatic rings. The molecule has 0 saturated heterocycles. The molecule has 0 atom stereocenters. The summed E-state index contributed by atoms with van der Waals surface area (Å²) in [6, 6.07) is 0. The summed E-state index contributed by atoms with van der Waals surface area (Å²) in [6.45, 7) is 4.66. The van der Waals surface area contributed by atoms with E-state index in [0.717, 1.165) is 0 Å². The molecule has 56 valence electrons. The Hall–Kier alpha value is -1.32. The van der Waals surface area contributed by atoms with E-state index in [0.29, 0.717) is 0 Å². The van der Waals surface area contributed by atoms with Gasteiger partial charge in [0.1, 0.15) is 6.61 Å². The molecule has 0 aliphatic rings. The second kappa shape index (κ2) is 4.55. The first kappa shape index (κ1) is 8.68. The molecule has 0 radical (unpaired) electrons. The predicted octanol–water partition coefficient (Wildman–Crippen LogP) is 0.445. The van der Waals surface area contributed by atoms with Gasteiger partial charge in [-0.3, -0.25) is 10.1 Å². The molecule has 0 spiro atoms. The van der Waals surface area contributed by atoms with Crippen LogP contribution < -0.4 is 5.32 Å². The van der Waals surface area contributed by atoms with Crippen LogP contribution in [0, 0.1) is 0 Å². The largest absolute Gasteiger partial charge is 0.445 e. The number of nitrogens with one attached hydrogen (secondary N) is 1. The first-order valence-electron chi connectivity index (χ1n) is 2.72. The quantitative estimate of drug-likeness (QED) is 0.571. The molecule has 0 aliphatic carbocycles. The van der Waals surface area contributed by atoms with Gasteiger partial charge >= 0.3 is 6.09 Å². The van der Waals surface area contributed by atoms with E-state index in [9.17, 15) is 9.59 Å². The molecule has 4 heteroatoms. The topological polar surface area (TPSA) is 55.4 Å². The SMILES string of the molecule is C=CCOC(=O)NC(C)=O. The zero-order valence-electron chi connectivity index (χ0n) is 5.72. The zero-order valence-corrected chi connectivity index (χ0v) is 5.72. The molecule has 10 heavy (non-hydrogen) atoms. The molecule has 0 fully saturated rings. The maximum atomic E-state index is 10.4. The summed E-state index contributed by atoms with van der Waals surface area (Å²) in [6.07, 6.45) is 0.673. The minimum absolute atomic E-state index is 0.110. The van der Waals surface area contributed by atoms with Crippen LogP contribution in [0.25, 0.3) is 0 Å². The molecular weight excluding hydrogens is 134 g/mol. The van der Waals surface area contributed by atoms with Gasteiger partial charge in [0.15, 0.2) is 0 Å². The number of hydrogen-bond donors (Lipinski definition) is 1. The summed E-state index contributed by atoms with van der Waals surface area (Å²) in [5.41, 5.74) is 0. The summed E-state index contributed by atoms with van der Waals surface area (Å²) in [5, 5.41) is 1.93. The van der Waals surface area contributed by atoms with E-state index in [4.69, 9.17) is 0 Å². The average Bonchev–Trinajstić information content (AvgIpc) is 1.82. The van der Waals surface area contributed by atoms with Crippen LogP contribution in [-0.2, 0) is 9.53 Å². The van der Waals surface area contributed by atoms with Crippen LogP contribution in [0.3, 0.4) is 0 Å². The van der Waals surface area contributed by atoms with Gasteiger partial charge in [-0.05, 0) is 0 Å². The van der Waals surface area contributed by atoms with E-state index in [1.807, 2.05) is 5.32 Å². The number of imide groups is 1. The van der Waals surface area contributed by atoms with Gasteiger partial charge in [0.05, 0.1) is 0 Å². The van der Waals surface area contributed by atoms with Gasteiger partial charge in [0.2, 0.25) is 5.91 Å². The van der Waals surface area contributed by atoms with Crippen LogP contribution >= 0.6 is 0 Å². The first-order chi connectivity index (χ1) is 4.66. The Morgan fingerprint density at radius 2 is 2.30 bits per heavy atom. The molecular formula is C6H9NO3. The predicted molar refractivity (Wildman–Crippen MR) is 35.4 cm³/mol. The van der Waals surface area contributed by atoms with Crippen molar-refractivity contribution in [1.82, 2.24) is 5.32 Å². The van der Waals surface area contributed by atoms with Gasteiger partial charge in [0, 0.05) is 6.92 Å². The van der Waals surface area contributed by atoms with Crippen molar-refractivity contribution in [3.05, 3.63) is 12.7 Å². The molecule has 2 amide bonds. The summed E-state index contributed by atoms with van der Waals surface area (Å²) in [5.74, 6) is -0.436. The van der Waals surface area contributed by atoms with E-state index in [-0.39, 0.29) is 6.61 Å². The van der Waals surface area contributed by atoms with E-state index < -0.39 is 12.0 Å². The van der Waals surface area contributed by atoms with Gasteiger partial charge in [-0.2, -0.15) is 0 Å². The summed E-state index contributed by atoms with van der Waals surface area (Å²) >= 11 is 0. The van der Waals surface area contributed by atoms with Crippen LogP contribution in [0.1, 0.15) is 6.92 Å². The average molecular weight is 143 g/mol. The van der Waals surface area contributed by atoms with E-state index in [1.165, 1.54) is 13.0 Å². The lowest BCUT2D eigenvalue weighted by Gasteiger charge is -1.99. The molecule has 0 aromatic heterocycles. The Labute approximate surface area is 58.9 Å². The lowest BCUT2D eigenvalue weighted by molar-refractivity contribution is -0.118. The van der Waals surface area contributed by atoms with E-state index >= 15 is 0 Å². The summed E-state index contributed by atoms with van der Waals surface area (Å²) < 4.78 is 4.41. The third kappa shape index (κ3) is 4.83. The van der Waals surface area contributed by atoms with Crippen molar-refractivity contribution < 1.29 is 14.3 Å². The number of alkyl carbamates (subject to hydrolysis) is 1. The van der Waals surface area contributed by atoms with Gasteiger partial charge in [-0.1, -0.05) is 12.7 Å². The molecule has 0 rings (SSSR count). The van der Waals surface area contributed by atoms with Crippen molar-refractivity contribution >= 4 is 12.0 Å². The monoisotopic (exact) mass is 143 g/mol. The molecule has 0 bridgehead atoms. The third-order valence-electron chi connectivity index (χ3n) is 0.610. The molecule has 4 nitrogen and oxygen atoms in total. The van der Waals surface area contributed by atoms with Crippen molar-refractivity contribution in [2.45, 2.75) is 6.92 Å². The fourth-order valence-electron chi connectivity index (χ4n) is 0.314. The van der Waals surface area contributed by atoms with Gasteiger partial charge < -0.3 is 4.74 Å². The van der Waals surface area contributed by atoms with Gasteiger partial charge in [-0.15, -0.1) is 0 Å². The van der Waals surface area contributed by atoms with Crippen molar-refractivity contribution in [1.29, 1.82) is 0 Å². The van der Waals surface area contributed by atoms with E-state index in [1.54, 1.807) is 0 Å².